The van der Waals surface area contributed by atoms with Gasteiger partial charge in [-0.15, -0.1) is 0 Å². The first kappa shape index (κ1) is 18.6. The molecule has 0 bridgehead atoms. The van der Waals surface area contributed by atoms with Crippen LogP contribution in [0.25, 0.3) is 0 Å². The van der Waals surface area contributed by atoms with Crippen LogP contribution < -0.4 is 10.6 Å². The molecule has 1 atom stereocenters. The highest BCUT2D eigenvalue weighted by molar-refractivity contribution is 7.51. The van der Waals surface area contributed by atoms with E-state index in [-0.39, 0.29) is 5.48 Å². The van der Waals surface area contributed by atoms with Gasteiger partial charge in [-0.05, 0) is 13.8 Å². The van der Waals surface area contributed by atoms with Crippen LogP contribution in [-0.2, 0) is 4.79 Å². The topological polar surface area (TPSA) is 86.4 Å². The van der Waals surface area contributed by atoms with Crippen molar-refractivity contribution in [2.45, 2.75) is 13.8 Å². The molecule has 0 saturated heterocycles. The highest BCUT2D eigenvalue weighted by Gasteiger charge is 2.15. The summed E-state index contributed by atoms with van der Waals surface area (Å²) in [7, 11) is 4.36. The lowest BCUT2D eigenvalue weighted by Crippen LogP contribution is -2.39. The van der Waals surface area contributed by atoms with E-state index in [1.54, 1.807) is 6.92 Å². The van der Waals surface area contributed by atoms with Crippen LogP contribution in [0.5, 0.6) is 0 Å². The zero-order valence-corrected chi connectivity index (χ0v) is 12.3. The fourth-order valence-electron chi connectivity index (χ4n) is 0.686. The van der Waals surface area contributed by atoms with E-state index >= 15 is 0 Å². The minimum Gasteiger partial charge on any atom is -0.629 e. The highest BCUT2D eigenvalue weighted by atomic mass is 31.1. The lowest BCUT2D eigenvalue weighted by atomic mass is 10.3. The Hall–Kier alpha value is -0.740. The number of aliphatic hydroxyl groups excluding tert-OH is 1. The first-order valence-corrected chi connectivity index (χ1v) is 6.71. The van der Waals surface area contributed by atoms with Gasteiger partial charge in [-0.3, -0.25) is 4.79 Å². The third kappa shape index (κ3) is 13.2. The third-order valence-electron chi connectivity index (χ3n) is 1.61. The Bertz CT molecular complexity index is 294. The normalized spacial score (nSPS) is 12.2. The fraction of sp³-hybridized carbons (Fsp3) is 0.636. The van der Waals surface area contributed by atoms with E-state index in [1.807, 2.05) is 28.1 Å². The van der Waals surface area contributed by atoms with Crippen LogP contribution in [0.15, 0.2) is 12.2 Å². The van der Waals surface area contributed by atoms with Gasteiger partial charge in [0.15, 0.2) is 6.54 Å². The lowest BCUT2D eigenvalue weighted by molar-refractivity contribution is -0.861. The first-order valence-electron chi connectivity index (χ1n) is 5.26. The number of nitrogens with zero attached hydrogens (tertiary/aromatic N) is 1. The number of primary amides is 1. The van der Waals surface area contributed by atoms with Crippen LogP contribution in [0.4, 0.5) is 0 Å². The summed E-state index contributed by atoms with van der Waals surface area (Å²) in [5, 5.41) is 9.27. The average Bonchev–Trinajstić information content (AvgIpc) is 2.14. The van der Waals surface area contributed by atoms with E-state index in [1.165, 1.54) is 0 Å². The molecule has 0 aliphatic rings. The van der Waals surface area contributed by atoms with Gasteiger partial charge in [0.05, 0.1) is 28.9 Å². The molecule has 0 aromatic carbocycles. The number of likely N-dealkylation sites (N-methyl/N-ethyl adjacent to an activating group) is 1. The van der Waals surface area contributed by atoms with E-state index < -0.39 is 13.7 Å². The highest BCUT2D eigenvalue weighted by Crippen LogP contribution is 2.11. The Labute approximate surface area is 105 Å². The Morgan fingerprint density at radius 2 is 1.82 bits per heavy atom. The van der Waals surface area contributed by atoms with Crippen LogP contribution in [0, 0.1) is 0 Å². The number of aliphatic hydroxyl groups is 1. The molecule has 0 radical (unpaired) electrons. The van der Waals surface area contributed by atoms with E-state index in [0.29, 0.717) is 22.8 Å². The molecule has 3 N–H and O–H groups in total. The van der Waals surface area contributed by atoms with Crippen molar-refractivity contribution in [2.75, 3.05) is 33.8 Å². The summed E-state index contributed by atoms with van der Waals surface area (Å²) >= 11 is 0. The van der Waals surface area contributed by atoms with Crippen molar-refractivity contribution in [3.05, 3.63) is 12.2 Å². The first-order chi connectivity index (χ1) is 7.51. The minimum absolute atomic E-state index is 0.134. The Kier molecular flexibility index (Phi) is 9.16. The van der Waals surface area contributed by atoms with Gasteiger partial charge in [0.1, 0.15) is 6.16 Å². The van der Waals surface area contributed by atoms with Crippen LogP contribution in [-0.4, -0.2) is 54.8 Å². The average molecular weight is 263 g/mol. The van der Waals surface area contributed by atoms with E-state index in [2.05, 4.69) is 6.58 Å². The van der Waals surface area contributed by atoms with E-state index in [0.717, 1.165) is 0 Å². The molecular weight excluding hydrogens is 239 g/mol. The number of amides is 1. The largest absolute Gasteiger partial charge is 0.629 e. The maximum atomic E-state index is 11.0. The molecule has 1 amide bonds. The standard InChI is InChI=1S/C7H16NO2P.C4H7NO/c1-5-11(10)7(9)6-8(2,3)4;1-3(2)4(5)6/h5-6H2,1-4H3;1H2,2H3,(H2,5,6)/p+1. The zero-order valence-electron chi connectivity index (χ0n) is 11.4. The second-order valence-corrected chi connectivity index (χ2v) is 6.61. The quantitative estimate of drug-likeness (QED) is 0.426. The molecule has 0 aliphatic heterocycles. The van der Waals surface area contributed by atoms with Crippen LogP contribution in [0.2, 0.25) is 0 Å². The molecule has 17 heavy (non-hydrogen) atoms. The maximum absolute atomic E-state index is 11.0. The van der Waals surface area contributed by atoms with Gasteiger partial charge >= 0.3 is 0 Å². The second kappa shape index (κ2) is 8.37. The molecule has 100 valence electrons. The summed E-state index contributed by atoms with van der Waals surface area (Å²) in [5.74, 6) is -0.435. The molecule has 0 spiro atoms. The van der Waals surface area contributed by atoms with Gasteiger partial charge < -0.3 is 20.2 Å². The molecule has 0 heterocycles. The van der Waals surface area contributed by atoms with Crippen LogP contribution >= 0.6 is 7.77 Å². The predicted octanol–water partition coefficient (Wildman–Crippen LogP) is 0.0199. The monoisotopic (exact) mass is 263 g/mol. The smallest absolute Gasteiger partial charge is 0.273 e. The number of hydrogen-bond donors (Lipinski definition) is 2. The zero-order chi connectivity index (χ0) is 14.2. The number of carbonyl (C=O) groups is 1. The molecule has 6 heteroatoms. The minimum atomic E-state index is -1.50. The molecule has 0 fully saturated rings. The SMILES string of the molecule is C=C(C)C(N)=O.CC/[P+]([O-])=C(\O)C[N+](C)(C)C. The second-order valence-electron chi connectivity index (χ2n) is 4.70. The number of quaternary nitrogens is 1. The van der Waals surface area contributed by atoms with Crippen molar-refractivity contribution in [1.82, 2.24) is 0 Å². The maximum Gasteiger partial charge on any atom is 0.273 e. The van der Waals surface area contributed by atoms with Gasteiger partial charge in [-0.1, -0.05) is 6.58 Å². The summed E-state index contributed by atoms with van der Waals surface area (Å²) in [6.07, 6.45) is 0.529. The Morgan fingerprint density at radius 3 is 2.00 bits per heavy atom. The molecule has 1 unspecified atom stereocenters. The van der Waals surface area contributed by atoms with Crippen molar-refractivity contribution in [2.24, 2.45) is 5.73 Å². The lowest BCUT2D eigenvalue weighted by Gasteiger charge is -2.21. The van der Waals surface area contributed by atoms with Crippen molar-refractivity contribution >= 4 is 19.2 Å². The molecule has 0 aliphatic carbocycles. The van der Waals surface area contributed by atoms with E-state index in [9.17, 15) is 14.8 Å². The number of nitrogens with two attached hydrogens (primary N) is 1. The van der Waals surface area contributed by atoms with Crippen molar-refractivity contribution in [3.63, 3.8) is 0 Å². The van der Waals surface area contributed by atoms with Crippen molar-refractivity contribution < 1.29 is 19.3 Å². The van der Waals surface area contributed by atoms with Crippen molar-refractivity contribution in [3.8, 4) is 0 Å². The summed E-state index contributed by atoms with van der Waals surface area (Å²) in [6, 6.07) is 0. The number of rotatable bonds is 4. The summed E-state index contributed by atoms with van der Waals surface area (Å²) in [4.78, 5) is 20.9. The predicted molar refractivity (Wildman–Crippen MR) is 71.3 cm³/mol. The molecule has 0 saturated carbocycles. The molecular formula is C11H24N2O3P+. The number of hydrogen-bond acceptors (Lipinski definition) is 2. The summed E-state index contributed by atoms with van der Waals surface area (Å²) < 4.78 is 0.618. The summed E-state index contributed by atoms with van der Waals surface area (Å²) in [6.45, 7) is 7.14. The number of carbonyl (C=O) groups excluding carboxylic acids is 1. The van der Waals surface area contributed by atoms with Gasteiger partial charge in [0.2, 0.25) is 5.91 Å². The summed E-state index contributed by atoms with van der Waals surface area (Å²) in [5.41, 5.74) is 5.23. The molecule has 0 aromatic heterocycles. The molecule has 5 nitrogen and oxygen atoms in total. The Morgan fingerprint density at radius 1 is 1.47 bits per heavy atom. The van der Waals surface area contributed by atoms with Crippen LogP contribution in [0.1, 0.15) is 13.8 Å². The van der Waals surface area contributed by atoms with Gasteiger partial charge in [0, 0.05) is 5.57 Å². The molecule has 0 rings (SSSR count). The van der Waals surface area contributed by atoms with Gasteiger partial charge in [-0.2, -0.15) is 0 Å². The Balaban J connectivity index is 0. The van der Waals surface area contributed by atoms with Crippen LogP contribution in [0.3, 0.4) is 0 Å². The fourth-order valence-corrected chi connectivity index (χ4v) is 1.63. The van der Waals surface area contributed by atoms with E-state index in [4.69, 9.17) is 5.73 Å². The van der Waals surface area contributed by atoms with Gasteiger partial charge in [0.25, 0.3) is 5.48 Å². The van der Waals surface area contributed by atoms with Crippen molar-refractivity contribution in [1.29, 1.82) is 0 Å². The third-order valence-corrected chi connectivity index (χ3v) is 2.90. The molecule has 0 aromatic rings. The van der Waals surface area contributed by atoms with Gasteiger partial charge in [-0.25, -0.2) is 0 Å².